The van der Waals surface area contributed by atoms with Crippen LogP contribution in [0.25, 0.3) is 0 Å². The van der Waals surface area contributed by atoms with E-state index in [2.05, 4.69) is 4.72 Å². The van der Waals surface area contributed by atoms with Crippen LogP contribution in [0.2, 0.25) is 0 Å². The van der Waals surface area contributed by atoms with Gasteiger partial charge in [0.25, 0.3) is 0 Å². The van der Waals surface area contributed by atoms with Crippen molar-refractivity contribution >= 4 is 22.0 Å². The van der Waals surface area contributed by atoms with Crippen LogP contribution < -0.4 is 4.72 Å². The van der Waals surface area contributed by atoms with Gasteiger partial charge in [0.15, 0.2) is 0 Å². The van der Waals surface area contributed by atoms with Gasteiger partial charge in [-0.3, -0.25) is 4.79 Å². The van der Waals surface area contributed by atoms with Gasteiger partial charge in [-0.25, -0.2) is 13.2 Å². The molecule has 8 heteroatoms. The summed E-state index contributed by atoms with van der Waals surface area (Å²) in [7, 11) is -3.99. The molecule has 0 amide bonds. The minimum Gasteiger partial charge on any atom is -0.480 e. The summed E-state index contributed by atoms with van der Waals surface area (Å²) >= 11 is 0. The molecule has 0 aliphatic heterocycles. The molecule has 0 fully saturated rings. The van der Waals surface area contributed by atoms with Crippen molar-refractivity contribution in [1.82, 2.24) is 4.72 Å². The number of aliphatic carboxylic acids is 1. The van der Waals surface area contributed by atoms with E-state index >= 15 is 0 Å². The molecule has 7 nitrogen and oxygen atoms in total. The van der Waals surface area contributed by atoms with E-state index in [0.717, 1.165) is 0 Å². The molecule has 0 aromatic heterocycles. The summed E-state index contributed by atoms with van der Waals surface area (Å²) in [6, 6.07) is 3.87. The molecule has 0 unspecified atom stereocenters. The number of hydrogen-bond acceptors (Lipinski definition) is 5. The van der Waals surface area contributed by atoms with Gasteiger partial charge in [0.2, 0.25) is 10.0 Å². The Kier molecular flexibility index (Phi) is 6.07. The van der Waals surface area contributed by atoms with Crippen molar-refractivity contribution in [3.8, 4) is 0 Å². The summed E-state index contributed by atoms with van der Waals surface area (Å²) in [4.78, 5) is 22.5. The van der Waals surface area contributed by atoms with Crippen LogP contribution in [-0.4, -0.2) is 38.1 Å². The monoisotopic (exact) mass is 329 g/mol. The van der Waals surface area contributed by atoms with Crippen LogP contribution in [0.4, 0.5) is 0 Å². The molecule has 1 aromatic carbocycles. The van der Waals surface area contributed by atoms with Crippen LogP contribution in [0.15, 0.2) is 29.2 Å². The van der Waals surface area contributed by atoms with Gasteiger partial charge in [0, 0.05) is 0 Å². The highest BCUT2D eigenvalue weighted by Crippen LogP contribution is 2.14. The van der Waals surface area contributed by atoms with E-state index in [1.807, 2.05) is 0 Å². The van der Waals surface area contributed by atoms with E-state index in [1.165, 1.54) is 24.3 Å². The standard InChI is InChI=1S/C14H19NO6S/c1-4-21-14(18)10-5-7-11(8-6-10)22(19,20)15-12(9(2)3)13(16)17/h5-9,12,15H,4H2,1-3H3,(H,16,17)/t12-/m1/s1. The van der Waals surface area contributed by atoms with Gasteiger partial charge in [0.05, 0.1) is 17.1 Å². The number of esters is 1. The molecule has 0 radical (unpaired) electrons. The van der Waals surface area contributed by atoms with E-state index < -0.39 is 33.9 Å². The maximum absolute atomic E-state index is 12.2. The van der Waals surface area contributed by atoms with Crippen molar-refractivity contribution in [1.29, 1.82) is 0 Å². The van der Waals surface area contributed by atoms with E-state index in [9.17, 15) is 18.0 Å². The number of benzene rings is 1. The number of rotatable bonds is 7. The first-order valence-corrected chi connectivity index (χ1v) is 8.19. The zero-order valence-corrected chi connectivity index (χ0v) is 13.4. The molecule has 22 heavy (non-hydrogen) atoms. The molecule has 122 valence electrons. The van der Waals surface area contributed by atoms with Crippen LogP contribution in [0.1, 0.15) is 31.1 Å². The molecule has 0 saturated heterocycles. The Bertz CT molecular complexity index is 636. The molecular weight excluding hydrogens is 310 g/mol. The largest absolute Gasteiger partial charge is 0.480 e. The van der Waals surface area contributed by atoms with Crippen molar-refractivity contribution in [3.05, 3.63) is 29.8 Å². The summed E-state index contributed by atoms with van der Waals surface area (Å²) < 4.78 is 31.3. The molecule has 1 atom stereocenters. The molecule has 0 saturated carbocycles. The smallest absolute Gasteiger partial charge is 0.338 e. The van der Waals surface area contributed by atoms with Crippen molar-refractivity contribution < 1.29 is 27.9 Å². The predicted molar refractivity (Wildman–Crippen MR) is 79.0 cm³/mol. The summed E-state index contributed by atoms with van der Waals surface area (Å²) in [6.45, 7) is 5.09. The number of carbonyl (C=O) groups is 2. The molecule has 0 heterocycles. The Labute approximate surface area is 129 Å². The lowest BCUT2D eigenvalue weighted by atomic mass is 10.1. The minimum absolute atomic E-state index is 0.118. The first-order chi connectivity index (χ1) is 10.2. The van der Waals surface area contributed by atoms with E-state index in [4.69, 9.17) is 9.84 Å². The molecule has 1 rings (SSSR count). The fraction of sp³-hybridized carbons (Fsp3) is 0.429. The lowest BCUT2D eigenvalue weighted by Gasteiger charge is -2.18. The second-order valence-corrected chi connectivity index (χ2v) is 6.64. The highest BCUT2D eigenvalue weighted by atomic mass is 32.2. The van der Waals surface area contributed by atoms with Gasteiger partial charge in [-0.15, -0.1) is 0 Å². The summed E-state index contributed by atoms with van der Waals surface area (Å²) in [5.74, 6) is -2.21. The highest BCUT2D eigenvalue weighted by molar-refractivity contribution is 7.89. The highest BCUT2D eigenvalue weighted by Gasteiger charge is 2.28. The van der Waals surface area contributed by atoms with Crippen LogP contribution in [-0.2, 0) is 19.6 Å². The minimum atomic E-state index is -3.99. The number of carbonyl (C=O) groups excluding carboxylic acids is 1. The van der Waals surface area contributed by atoms with E-state index in [-0.39, 0.29) is 17.1 Å². The lowest BCUT2D eigenvalue weighted by molar-refractivity contribution is -0.140. The second kappa shape index (κ2) is 7.37. The molecule has 0 bridgehead atoms. The SMILES string of the molecule is CCOC(=O)c1ccc(S(=O)(=O)N[C@@H](C(=O)O)C(C)C)cc1. The topological polar surface area (TPSA) is 110 Å². The van der Waals surface area contributed by atoms with Crippen molar-refractivity contribution in [3.63, 3.8) is 0 Å². The number of carboxylic acids is 1. The van der Waals surface area contributed by atoms with Gasteiger partial charge in [0.1, 0.15) is 6.04 Å². The van der Waals surface area contributed by atoms with Crippen LogP contribution in [0.3, 0.4) is 0 Å². The zero-order valence-electron chi connectivity index (χ0n) is 12.6. The van der Waals surface area contributed by atoms with Crippen molar-refractivity contribution in [2.45, 2.75) is 31.7 Å². The Morgan fingerprint density at radius 3 is 2.18 bits per heavy atom. The van der Waals surface area contributed by atoms with Crippen LogP contribution >= 0.6 is 0 Å². The third-order valence-electron chi connectivity index (χ3n) is 2.89. The van der Waals surface area contributed by atoms with Gasteiger partial charge < -0.3 is 9.84 Å². The number of carboxylic acid groups (broad SMARTS) is 1. The average molecular weight is 329 g/mol. The summed E-state index contributed by atoms with van der Waals surface area (Å²) in [6.07, 6.45) is 0. The van der Waals surface area contributed by atoms with Crippen molar-refractivity contribution in [2.24, 2.45) is 5.92 Å². The van der Waals surface area contributed by atoms with Gasteiger partial charge in [-0.2, -0.15) is 4.72 Å². The normalized spacial score (nSPS) is 12.9. The second-order valence-electron chi connectivity index (χ2n) is 4.93. The maximum atomic E-state index is 12.2. The third-order valence-corrected chi connectivity index (χ3v) is 4.35. The molecule has 2 N–H and O–H groups in total. The number of sulfonamides is 1. The number of hydrogen-bond donors (Lipinski definition) is 2. The molecule has 0 spiro atoms. The Morgan fingerprint density at radius 1 is 1.23 bits per heavy atom. The first kappa shape index (κ1) is 18.1. The predicted octanol–water partition coefficient (Wildman–Crippen LogP) is 1.25. The zero-order chi connectivity index (χ0) is 16.9. The summed E-state index contributed by atoms with van der Waals surface area (Å²) in [5, 5.41) is 9.04. The number of ether oxygens (including phenoxy) is 1. The van der Waals surface area contributed by atoms with Gasteiger partial charge >= 0.3 is 11.9 Å². The fourth-order valence-corrected chi connectivity index (χ4v) is 3.03. The van der Waals surface area contributed by atoms with Crippen molar-refractivity contribution in [2.75, 3.05) is 6.61 Å². The Hall–Kier alpha value is -1.93. The Morgan fingerprint density at radius 2 is 1.77 bits per heavy atom. The van der Waals surface area contributed by atoms with Gasteiger partial charge in [-0.1, -0.05) is 13.8 Å². The number of nitrogens with one attached hydrogen (secondary N) is 1. The van der Waals surface area contributed by atoms with Gasteiger partial charge in [-0.05, 0) is 37.1 Å². The summed E-state index contributed by atoms with van der Waals surface area (Å²) in [5.41, 5.74) is 0.222. The van der Waals surface area contributed by atoms with E-state index in [0.29, 0.717) is 0 Å². The molecule has 1 aromatic rings. The fourth-order valence-electron chi connectivity index (χ4n) is 1.69. The lowest BCUT2D eigenvalue weighted by Crippen LogP contribution is -2.44. The molecule has 0 aliphatic rings. The third kappa shape index (κ3) is 4.54. The van der Waals surface area contributed by atoms with Crippen LogP contribution in [0, 0.1) is 5.92 Å². The first-order valence-electron chi connectivity index (χ1n) is 6.71. The Balaban J connectivity index is 2.99. The van der Waals surface area contributed by atoms with E-state index in [1.54, 1.807) is 20.8 Å². The molecule has 0 aliphatic carbocycles. The van der Waals surface area contributed by atoms with Crippen LogP contribution in [0.5, 0.6) is 0 Å². The maximum Gasteiger partial charge on any atom is 0.338 e. The molecular formula is C14H19NO6S. The quantitative estimate of drug-likeness (QED) is 0.729. The average Bonchev–Trinajstić information content (AvgIpc) is 2.44.